The molecule has 2 N–H and O–H groups in total. The van der Waals surface area contributed by atoms with E-state index in [0.29, 0.717) is 12.1 Å². The number of hydrogen-bond acceptors (Lipinski definition) is 4. The van der Waals surface area contributed by atoms with E-state index in [1.54, 1.807) is 12.1 Å². The van der Waals surface area contributed by atoms with Gasteiger partial charge >= 0.3 is 7.12 Å². The Balaban J connectivity index is 1.81. The molecule has 0 aromatic heterocycles. The molecule has 0 radical (unpaired) electrons. The number of rotatable bonds is 5. The first-order chi connectivity index (χ1) is 9.16. The van der Waals surface area contributed by atoms with Crippen molar-refractivity contribution in [2.45, 2.75) is 26.2 Å². The molecule has 1 fully saturated rings. The summed E-state index contributed by atoms with van der Waals surface area (Å²) in [6, 6.07) is 5.35. The van der Waals surface area contributed by atoms with E-state index in [4.69, 9.17) is 14.8 Å². The van der Waals surface area contributed by atoms with Crippen LogP contribution in [0.2, 0.25) is 0 Å². The van der Waals surface area contributed by atoms with Gasteiger partial charge in [0.15, 0.2) is 0 Å². The Bertz CT molecular complexity index is 406. The van der Waals surface area contributed by atoms with Crippen LogP contribution in [0.3, 0.4) is 0 Å². The highest BCUT2D eigenvalue weighted by molar-refractivity contribution is 6.59. The summed E-state index contributed by atoms with van der Waals surface area (Å²) in [5, 5.41) is 18.3. The molecule has 0 aliphatic carbocycles. The van der Waals surface area contributed by atoms with Crippen LogP contribution in [0, 0.1) is 6.92 Å². The van der Waals surface area contributed by atoms with Crippen LogP contribution in [0.5, 0.6) is 5.75 Å². The lowest BCUT2D eigenvalue weighted by molar-refractivity contribution is 0.183. The van der Waals surface area contributed by atoms with Gasteiger partial charge in [-0.3, -0.25) is 4.90 Å². The smallest absolute Gasteiger partial charge is 0.488 e. The van der Waals surface area contributed by atoms with Crippen molar-refractivity contribution in [3.63, 3.8) is 0 Å². The summed E-state index contributed by atoms with van der Waals surface area (Å²) >= 11 is 0. The Morgan fingerprint density at radius 3 is 2.58 bits per heavy atom. The van der Waals surface area contributed by atoms with E-state index in [-0.39, 0.29) is 0 Å². The van der Waals surface area contributed by atoms with Gasteiger partial charge in [0, 0.05) is 6.54 Å². The second-order valence-corrected chi connectivity index (χ2v) is 5.14. The standard InChI is InChI=1S/C14H22BNO3/c1-12-11-13(5-6-14(12)15(17)18)19-10-9-16-7-3-2-4-8-16/h5-6,11,17-18H,2-4,7-10H2,1H3. The van der Waals surface area contributed by atoms with E-state index in [2.05, 4.69) is 4.90 Å². The third-order valence-corrected chi connectivity index (χ3v) is 3.64. The molecule has 0 amide bonds. The fourth-order valence-electron chi connectivity index (χ4n) is 2.50. The highest BCUT2D eigenvalue weighted by atomic mass is 16.5. The summed E-state index contributed by atoms with van der Waals surface area (Å²) in [6.45, 7) is 5.85. The number of benzene rings is 1. The maximum Gasteiger partial charge on any atom is 0.488 e. The van der Waals surface area contributed by atoms with E-state index in [1.165, 1.54) is 32.4 Å². The molecule has 1 aromatic carbocycles. The molecule has 1 heterocycles. The van der Waals surface area contributed by atoms with Gasteiger partial charge in [-0.25, -0.2) is 0 Å². The van der Waals surface area contributed by atoms with Gasteiger partial charge in [-0.2, -0.15) is 0 Å². The topological polar surface area (TPSA) is 52.9 Å². The van der Waals surface area contributed by atoms with Crippen LogP contribution in [0.15, 0.2) is 18.2 Å². The zero-order chi connectivity index (χ0) is 13.7. The third kappa shape index (κ3) is 4.23. The second-order valence-electron chi connectivity index (χ2n) is 5.14. The zero-order valence-electron chi connectivity index (χ0n) is 11.5. The van der Waals surface area contributed by atoms with Crippen molar-refractivity contribution >= 4 is 12.6 Å². The van der Waals surface area contributed by atoms with Crippen LogP contribution < -0.4 is 10.2 Å². The van der Waals surface area contributed by atoms with Crippen molar-refractivity contribution in [2.75, 3.05) is 26.2 Å². The number of aryl methyl sites for hydroxylation is 1. The van der Waals surface area contributed by atoms with Crippen LogP contribution in [0.25, 0.3) is 0 Å². The molecule has 0 atom stereocenters. The summed E-state index contributed by atoms with van der Waals surface area (Å²) in [5.74, 6) is 0.791. The van der Waals surface area contributed by atoms with Gasteiger partial charge in [0.05, 0.1) is 0 Å². The summed E-state index contributed by atoms with van der Waals surface area (Å²) < 4.78 is 5.72. The molecule has 1 saturated heterocycles. The normalized spacial score (nSPS) is 16.4. The lowest BCUT2D eigenvalue weighted by atomic mass is 9.77. The van der Waals surface area contributed by atoms with E-state index < -0.39 is 7.12 Å². The summed E-state index contributed by atoms with van der Waals surface area (Å²) in [4.78, 5) is 2.43. The predicted octanol–water partition coefficient (Wildman–Crippen LogP) is 0.540. The van der Waals surface area contributed by atoms with Crippen molar-refractivity contribution in [3.8, 4) is 5.75 Å². The molecule has 0 unspecified atom stereocenters. The molecule has 1 aliphatic heterocycles. The van der Waals surface area contributed by atoms with Gasteiger partial charge in [0.1, 0.15) is 12.4 Å². The first kappa shape index (κ1) is 14.4. The number of likely N-dealkylation sites (tertiary alicyclic amines) is 1. The molecule has 0 spiro atoms. The monoisotopic (exact) mass is 263 g/mol. The zero-order valence-corrected chi connectivity index (χ0v) is 11.5. The van der Waals surface area contributed by atoms with Crippen molar-refractivity contribution in [1.29, 1.82) is 0 Å². The Kier molecular flexibility index (Phi) is 5.25. The van der Waals surface area contributed by atoms with Crippen molar-refractivity contribution in [3.05, 3.63) is 23.8 Å². The van der Waals surface area contributed by atoms with Crippen LogP contribution >= 0.6 is 0 Å². The number of ether oxygens (including phenoxy) is 1. The van der Waals surface area contributed by atoms with E-state index in [0.717, 1.165) is 17.9 Å². The summed E-state index contributed by atoms with van der Waals surface area (Å²) in [6.07, 6.45) is 3.94. The van der Waals surface area contributed by atoms with Crippen molar-refractivity contribution in [2.24, 2.45) is 0 Å². The van der Waals surface area contributed by atoms with Gasteiger partial charge in [-0.1, -0.05) is 12.5 Å². The van der Waals surface area contributed by atoms with Gasteiger partial charge < -0.3 is 14.8 Å². The highest BCUT2D eigenvalue weighted by Gasteiger charge is 2.14. The minimum atomic E-state index is -1.41. The molecule has 1 aliphatic rings. The largest absolute Gasteiger partial charge is 0.492 e. The SMILES string of the molecule is Cc1cc(OCCN2CCCCC2)ccc1B(O)O. The van der Waals surface area contributed by atoms with Gasteiger partial charge in [-0.05, 0) is 56.0 Å². The summed E-state index contributed by atoms with van der Waals surface area (Å²) in [7, 11) is -1.41. The maximum absolute atomic E-state index is 9.15. The number of hydrogen-bond donors (Lipinski definition) is 2. The van der Waals surface area contributed by atoms with Gasteiger partial charge in [-0.15, -0.1) is 0 Å². The van der Waals surface area contributed by atoms with Crippen LogP contribution in [0.4, 0.5) is 0 Å². The first-order valence-electron chi connectivity index (χ1n) is 6.98. The number of nitrogens with zero attached hydrogens (tertiary/aromatic N) is 1. The minimum absolute atomic E-state index is 0.531. The molecular weight excluding hydrogens is 241 g/mol. The third-order valence-electron chi connectivity index (χ3n) is 3.64. The van der Waals surface area contributed by atoms with Crippen LogP contribution in [0.1, 0.15) is 24.8 Å². The average molecular weight is 263 g/mol. The maximum atomic E-state index is 9.15. The quantitative estimate of drug-likeness (QED) is 0.761. The molecule has 1 aromatic rings. The molecule has 4 nitrogen and oxygen atoms in total. The summed E-state index contributed by atoms with van der Waals surface area (Å²) in [5.41, 5.74) is 1.37. The fourth-order valence-corrected chi connectivity index (χ4v) is 2.50. The number of piperidine rings is 1. The molecule has 19 heavy (non-hydrogen) atoms. The Morgan fingerprint density at radius 2 is 1.95 bits per heavy atom. The van der Waals surface area contributed by atoms with E-state index in [9.17, 15) is 0 Å². The molecule has 104 valence electrons. The van der Waals surface area contributed by atoms with Crippen molar-refractivity contribution in [1.82, 2.24) is 4.90 Å². The van der Waals surface area contributed by atoms with E-state index in [1.807, 2.05) is 13.0 Å². The fraction of sp³-hybridized carbons (Fsp3) is 0.571. The van der Waals surface area contributed by atoms with Crippen LogP contribution in [-0.2, 0) is 0 Å². The molecule has 2 rings (SSSR count). The van der Waals surface area contributed by atoms with Crippen LogP contribution in [-0.4, -0.2) is 48.3 Å². The second kappa shape index (κ2) is 6.94. The first-order valence-corrected chi connectivity index (χ1v) is 6.98. The Morgan fingerprint density at radius 1 is 1.21 bits per heavy atom. The Hall–Kier alpha value is -1.04. The van der Waals surface area contributed by atoms with Gasteiger partial charge in [0.2, 0.25) is 0 Å². The lowest BCUT2D eigenvalue weighted by Gasteiger charge is -2.26. The molecule has 5 heteroatoms. The van der Waals surface area contributed by atoms with E-state index >= 15 is 0 Å². The average Bonchev–Trinajstić information content (AvgIpc) is 2.39. The lowest BCUT2D eigenvalue weighted by Crippen LogP contribution is -2.33. The predicted molar refractivity (Wildman–Crippen MR) is 76.8 cm³/mol. The van der Waals surface area contributed by atoms with Gasteiger partial charge in [0.25, 0.3) is 0 Å². The molecule has 0 bridgehead atoms. The minimum Gasteiger partial charge on any atom is -0.492 e. The highest BCUT2D eigenvalue weighted by Crippen LogP contribution is 2.12. The van der Waals surface area contributed by atoms with Crippen molar-refractivity contribution < 1.29 is 14.8 Å². The molecular formula is C14H22BNO3. The molecule has 0 saturated carbocycles. The Labute approximate surface area is 115 Å².